The van der Waals surface area contributed by atoms with Gasteiger partial charge in [0.25, 0.3) is 0 Å². The van der Waals surface area contributed by atoms with Crippen molar-refractivity contribution in [1.82, 2.24) is 10.2 Å². The van der Waals surface area contributed by atoms with Gasteiger partial charge >= 0.3 is 5.97 Å². The second kappa shape index (κ2) is 6.44. The molecule has 4 heteroatoms. The summed E-state index contributed by atoms with van der Waals surface area (Å²) >= 11 is 0. The summed E-state index contributed by atoms with van der Waals surface area (Å²) in [4.78, 5) is 14.5. The van der Waals surface area contributed by atoms with Gasteiger partial charge < -0.3 is 9.64 Å². The molecule has 0 saturated heterocycles. The second-order valence-electron chi connectivity index (χ2n) is 6.90. The molecule has 2 fully saturated rings. The summed E-state index contributed by atoms with van der Waals surface area (Å²) in [5.74, 6) is 0.777. The van der Waals surface area contributed by atoms with Crippen molar-refractivity contribution >= 4 is 5.97 Å². The monoisotopic (exact) mass is 282 g/mol. The van der Waals surface area contributed by atoms with Gasteiger partial charge in [-0.15, -0.1) is 0 Å². The lowest BCUT2D eigenvalue weighted by molar-refractivity contribution is -0.148. The van der Waals surface area contributed by atoms with E-state index in [0.717, 1.165) is 25.3 Å². The Morgan fingerprint density at radius 1 is 1.40 bits per heavy atom. The lowest BCUT2D eigenvalue weighted by atomic mass is 9.95. The highest BCUT2D eigenvalue weighted by molar-refractivity contribution is 5.80. The Bertz CT molecular complexity index is 339. The van der Waals surface area contributed by atoms with Crippen LogP contribution in [0, 0.1) is 5.92 Å². The van der Waals surface area contributed by atoms with E-state index in [2.05, 4.69) is 24.2 Å². The van der Waals surface area contributed by atoms with Gasteiger partial charge in [-0.1, -0.05) is 0 Å². The molecule has 0 amide bonds. The Kier molecular flexibility index (Phi) is 5.08. The van der Waals surface area contributed by atoms with Gasteiger partial charge in [-0.25, -0.2) is 0 Å². The summed E-state index contributed by atoms with van der Waals surface area (Å²) in [6, 6.07) is 1.19. The van der Waals surface area contributed by atoms with Gasteiger partial charge in [0.15, 0.2) is 0 Å². The van der Waals surface area contributed by atoms with Crippen LogP contribution >= 0.6 is 0 Å². The molecule has 0 spiro atoms. The average molecular weight is 282 g/mol. The maximum atomic E-state index is 12.0. The summed E-state index contributed by atoms with van der Waals surface area (Å²) in [6.07, 6.45) is 7.01. The predicted molar refractivity (Wildman–Crippen MR) is 80.6 cm³/mol. The first kappa shape index (κ1) is 15.8. The molecule has 20 heavy (non-hydrogen) atoms. The number of hydrogen-bond donors (Lipinski definition) is 1. The van der Waals surface area contributed by atoms with Crippen LogP contribution in [0.3, 0.4) is 0 Å². The third-order valence-electron chi connectivity index (χ3n) is 4.92. The Labute approximate surface area is 123 Å². The summed E-state index contributed by atoms with van der Waals surface area (Å²) in [7, 11) is 3.68. The largest absolute Gasteiger partial charge is 0.468 e. The van der Waals surface area contributed by atoms with Gasteiger partial charge in [0.2, 0.25) is 0 Å². The van der Waals surface area contributed by atoms with E-state index in [4.69, 9.17) is 4.74 Å². The van der Waals surface area contributed by atoms with E-state index in [0.29, 0.717) is 12.1 Å². The molecule has 2 atom stereocenters. The van der Waals surface area contributed by atoms with Crippen LogP contribution in [-0.2, 0) is 9.53 Å². The first-order valence-electron chi connectivity index (χ1n) is 8.02. The van der Waals surface area contributed by atoms with Crippen molar-refractivity contribution in [2.24, 2.45) is 5.92 Å². The minimum Gasteiger partial charge on any atom is -0.468 e. The van der Waals surface area contributed by atoms with Crippen molar-refractivity contribution in [3.8, 4) is 0 Å². The van der Waals surface area contributed by atoms with E-state index >= 15 is 0 Å². The average Bonchev–Trinajstić information content (AvgIpc) is 3.29. The highest BCUT2D eigenvalue weighted by Gasteiger charge is 2.39. The summed E-state index contributed by atoms with van der Waals surface area (Å²) in [5, 5.41) is 3.46. The fourth-order valence-corrected chi connectivity index (χ4v) is 2.96. The molecule has 4 nitrogen and oxygen atoms in total. The number of esters is 1. The zero-order valence-corrected chi connectivity index (χ0v) is 13.4. The van der Waals surface area contributed by atoms with Crippen LogP contribution < -0.4 is 5.32 Å². The zero-order chi connectivity index (χ0) is 14.8. The van der Waals surface area contributed by atoms with Gasteiger partial charge in [0, 0.05) is 12.1 Å². The number of nitrogens with zero attached hydrogens (tertiary/aromatic N) is 1. The molecule has 1 N–H and O–H groups in total. The number of ether oxygens (including phenoxy) is 1. The molecule has 0 aliphatic heterocycles. The lowest BCUT2D eigenvalue weighted by Crippen LogP contribution is -2.51. The molecule has 0 aromatic rings. The SMILES string of the molecule is COC(=O)C(C)(CCCN(C)C(C)C1CC1)NC1CC1. The molecule has 2 rings (SSSR count). The van der Waals surface area contributed by atoms with Gasteiger partial charge in [-0.05, 0) is 71.9 Å². The quantitative estimate of drug-likeness (QED) is 0.658. The first-order valence-corrected chi connectivity index (χ1v) is 8.02. The maximum Gasteiger partial charge on any atom is 0.325 e. The molecule has 0 radical (unpaired) electrons. The smallest absolute Gasteiger partial charge is 0.325 e. The molecule has 0 aromatic heterocycles. The van der Waals surface area contributed by atoms with E-state index in [1.165, 1.54) is 32.8 Å². The highest BCUT2D eigenvalue weighted by atomic mass is 16.5. The molecule has 2 aliphatic rings. The molecule has 0 heterocycles. The van der Waals surface area contributed by atoms with Gasteiger partial charge in [0.1, 0.15) is 5.54 Å². The van der Waals surface area contributed by atoms with Crippen molar-refractivity contribution in [1.29, 1.82) is 0 Å². The standard InChI is InChI=1S/C16H30N2O2/c1-12(13-6-7-13)18(3)11-5-10-16(2,15(19)20-4)17-14-8-9-14/h12-14,17H,5-11H2,1-4H3. The Hall–Kier alpha value is -0.610. The Morgan fingerprint density at radius 3 is 2.55 bits per heavy atom. The second-order valence-corrected chi connectivity index (χ2v) is 6.90. The molecular formula is C16H30N2O2. The Balaban J connectivity index is 1.77. The van der Waals surface area contributed by atoms with Crippen LogP contribution in [0.15, 0.2) is 0 Å². The molecule has 2 aliphatic carbocycles. The van der Waals surface area contributed by atoms with E-state index in [1.54, 1.807) is 0 Å². The third kappa shape index (κ3) is 4.19. The van der Waals surface area contributed by atoms with Gasteiger partial charge in [-0.2, -0.15) is 0 Å². The van der Waals surface area contributed by atoms with Crippen molar-refractivity contribution in [2.45, 2.75) is 70.0 Å². The molecule has 2 unspecified atom stereocenters. The summed E-state index contributed by atoms with van der Waals surface area (Å²) < 4.78 is 4.98. The lowest BCUT2D eigenvalue weighted by Gasteiger charge is -2.30. The molecule has 0 bridgehead atoms. The minimum absolute atomic E-state index is 0.123. The molecule has 2 saturated carbocycles. The van der Waals surface area contributed by atoms with Crippen LogP contribution in [-0.4, -0.2) is 49.2 Å². The van der Waals surface area contributed by atoms with Gasteiger partial charge in [0.05, 0.1) is 7.11 Å². The number of methoxy groups -OCH3 is 1. The van der Waals surface area contributed by atoms with Crippen LogP contribution in [0.25, 0.3) is 0 Å². The van der Waals surface area contributed by atoms with E-state index in [9.17, 15) is 4.79 Å². The Morgan fingerprint density at radius 2 is 2.05 bits per heavy atom. The molecular weight excluding hydrogens is 252 g/mol. The first-order chi connectivity index (χ1) is 9.46. The maximum absolute atomic E-state index is 12.0. The normalized spacial score (nSPS) is 23.4. The van der Waals surface area contributed by atoms with Crippen molar-refractivity contribution < 1.29 is 9.53 Å². The fourth-order valence-electron chi connectivity index (χ4n) is 2.96. The van der Waals surface area contributed by atoms with Crippen LogP contribution in [0.5, 0.6) is 0 Å². The van der Waals surface area contributed by atoms with Crippen LogP contribution in [0.1, 0.15) is 52.4 Å². The molecule has 116 valence electrons. The van der Waals surface area contributed by atoms with Crippen molar-refractivity contribution in [2.75, 3.05) is 20.7 Å². The van der Waals surface area contributed by atoms with Crippen molar-refractivity contribution in [3.05, 3.63) is 0 Å². The van der Waals surface area contributed by atoms with E-state index < -0.39 is 5.54 Å². The summed E-state index contributed by atoms with van der Waals surface area (Å²) in [5.41, 5.74) is -0.514. The van der Waals surface area contributed by atoms with Gasteiger partial charge in [-0.3, -0.25) is 10.1 Å². The number of carbonyl (C=O) groups is 1. The zero-order valence-electron chi connectivity index (χ0n) is 13.4. The fraction of sp³-hybridized carbons (Fsp3) is 0.938. The third-order valence-corrected chi connectivity index (χ3v) is 4.92. The topological polar surface area (TPSA) is 41.6 Å². The highest BCUT2D eigenvalue weighted by Crippen LogP contribution is 2.34. The number of nitrogens with one attached hydrogen (secondary N) is 1. The van der Waals surface area contributed by atoms with Crippen molar-refractivity contribution in [3.63, 3.8) is 0 Å². The van der Waals surface area contributed by atoms with Crippen LogP contribution in [0.2, 0.25) is 0 Å². The number of rotatable bonds is 9. The summed E-state index contributed by atoms with van der Waals surface area (Å²) in [6.45, 7) is 5.36. The molecule has 0 aromatic carbocycles. The number of carbonyl (C=O) groups excluding carboxylic acids is 1. The minimum atomic E-state index is -0.514. The number of hydrogen-bond acceptors (Lipinski definition) is 4. The van der Waals surface area contributed by atoms with E-state index in [-0.39, 0.29) is 5.97 Å². The van der Waals surface area contributed by atoms with Crippen LogP contribution in [0.4, 0.5) is 0 Å². The predicted octanol–water partition coefficient (Wildman–Crippen LogP) is 2.18. The van der Waals surface area contributed by atoms with E-state index in [1.807, 2.05) is 6.92 Å².